The molecule has 3 rings (SSSR count). The van der Waals surface area contributed by atoms with Crippen LogP contribution in [0.1, 0.15) is 29.5 Å². The van der Waals surface area contributed by atoms with Crippen molar-refractivity contribution in [2.45, 2.75) is 39.3 Å². The Kier molecular flexibility index (Phi) is 2.81. The molecule has 0 saturated carbocycles. The van der Waals surface area contributed by atoms with Gasteiger partial charge in [-0.2, -0.15) is 0 Å². The molecule has 0 bridgehead atoms. The molecule has 2 saturated heterocycles. The van der Waals surface area contributed by atoms with Crippen molar-refractivity contribution in [2.75, 3.05) is 6.54 Å². The predicted octanol–water partition coefficient (Wildman–Crippen LogP) is 2.23. The lowest BCUT2D eigenvalue weighted by Crippen LogP contribution is -2.32. The lowest BCUT2D eigenvalue weighted by molar-refractivity contribution is -0.128. The van der Waals surface area contributed by atoms with Crippen LogP contribution in [-0.2, 0) is 11.3 Å². The van der Waals surface area contributed by atoms with Crippen LogP contribution in [0.4, 0.5) is 4.79 Å². The molecule has 2 fully saturated rings. The third-order valence-corrected chi connectivity index (χ3v) is 4.11. The zero-order valence-electron chi connectivity index (χ0n) is 11.3. The summed E-state index contributed by atoms with van der Waals surface area (Å²) in [5.41, 5.74) is 3.33. The summed E-state index contributed by atoms with van der Waals surface area (Å²) in [5.74, 6) is -0.0246. The maximum absolute atomic E-state index is 12.3. The molecule has 1 unspecified atom stereocenters. The molecular formula is C15H18N2O2. The highest BCUT2D eigenvalue weighted by Gasteiger charge is 2.47. The van der Waals surface area contributed by atoms with E-state index in [4.69, 9.17) is 0 Å². The first-order valence-corrected chi connectivity index (χ1v) is 6.76. The first kappa shape index (κ1) is 12.2. The Hall–Kier alpha value is -1.84. The molecule has 0 spiro atoms. The molecule has 2 aliphatic rings. The molecule has 4 nitrogen and oxygen atoms in total. The summed E-state index contributed by atoms with van der Waals surface area (Å²) < 4.78 is 0. The Morgan fingerprint density at radius 3 is 2.79 bits per heavy atom. The number of carbonyl (C=O) groups is 2. The Labute approximate surface area is 113 Å². The van der Waals surface area contributed by atoms with Crippen LogP contribution in [0.15, 0.2) is 18.2 Å². The van der Waals surface area contributed by atoms with E-state index < -0.39 is 0 Å². The van der Waals surface area contributed by atoms with Gasteiger partial charge < -0.3 is 4.90 Å². The summed E-state index contributed by atoms with van der Waals surface area (Å²) >= 11 is 0. The fourth-order valence-electron chi connectivity index (χ4n) is 2.97. The molecule has 2 aliphatic heterocycles. The number of nitrogens with zero attached hydrogens (tertiary/aromatic N) is 2. The minimum Gasteiger partial charge on any atom is -0.312 e. The van der Waals surface area contributed by atoms with E-state index in [-0.39, 0.29) is 18.0 Å². The van der Waals surface area contributed by atoms with Crippen LogP contribution < -0.4 is 0 Å². The smallest absolute Gasteiger partial charge is 0.312 e. The summed E-state index contributed by atoms with van der Waals surface area (Å²) in [6.45, 7) is 5.16. The first-order chi connectivity index (χ1) is 9.08. The van der Waals surface area contributed by atoms with Crippen LogP contribution in [0.5, 0.6) is 0 Å². The minimum atomic E-state index is -0.197. The lowest BCUT2D eigenvalue weighted by atomic mass is 10.1. The van der Waals surface area contributed by atoms with Gasteiger partial charge >= 0.3 is 6.03 Å². The van der Waals surface area contributed by atoms with Gasteiger partial charge in [-0.1, -0.05) is 23.8 Å². The van der Waals surface area contributed by atoms with Crippen molar-refractivity contribution in [3.05, 3.63) is 34.9 Å². The highest BCUT2D eigenvalue weighted by Crippen LogP contribution is 2.29. The van der Waals surface area contributed by atoms with Crippen LogP contribution in [0.3, 0.4) is 0 Å². The number of imide groups is 1. The van der Waals surface area contributed by atoms with Crippen molar-refractivity contribution in [1.29, 1.82) is 0 Å². The van der Waals surface area contributed by atoms with Crippen molar-refractivity contribution in [3.63, 3.8) is 0 Å². The van der Waals surface area contributed by atoms with Crippen LogP contribution in [0.2, 0.25) is 0 Å². The third-order valence-electron chi connectivity index (χ3n) is 4.11. The molecule has 0 radical (unpaired) electrons. The average molecular weight is 258 g/mol. The van der Waals surface area contributed by atoms with E-state index in [0.29, 0.717) is 6.54 Å². The summed E-state index contributed by atoms with van der Waals surface area (Å²) in [6.07, 6.45) is 1.76. The summed E-state index contributed by atoms with van der Waals surface area (Å²) in [6, 6.07) is 5.83. The quantitative estimate of drug-likeness (QED) is 0.763. The molecule has 1 aromatic rings. The third kappa shape index (κ3) is 1.91. The summed E-state index contributed by atoms with van der Waals surface area (Å²) in [4.78, 5) is 27.6. The minimum absolute atomic E-state index is 0.0246. The largest absolute Gasteiger partial charge is 0.327 e. The summed E-state index contributed by atoms with van der Waals surface area (Å²) in [7, 11) is 0. The van der Waals surface area contributed by atoms with Gasteiger partial charge in [0.2, 0.25) is 0 Å². The van der Waals surface area contributed by atoms with E-state index in [2.05, 4.69) is 6.07 Å². The molecule has 100 valence electrons. The number of rotatable bonds is 2. The second-order valence-corrected chi connectivity index (χ2v) is 5.49. The highest BCUT2D eigenvalue weighted by atomic mass is 16.2. The molecule has 0 aliphatic carbocycles. The molecule has 2 heterocycles. The van der Waals surface area contributed by atoms with Gasteiger partial charge in [0.05, 0.1) is 6.54 Å². The first-order valence-electron chi connectivity index (χ1n) is 6.76. The summed E-state index contributed by atoms with van der Waals surface area (Å²) in [5, 5.41) is 0. The second-order valence-electron chi connectivity index (χ2n) is 5.49. The fraction of sp³-hybridized carbons (Fsp3) is 0.467. The number of fused-ring (bicyclic) bond motifs is 1. The maximum Gasteiger partial charge on any atom is 0.327 e. The monoisotopic (exact) mass is 258 g/mol. The molecule has 3 amide bonds. The van der Waals surface area contributed by atoms with Gasteiger partial charge in [0.15, 0.2) is 0 Å². The Bertz CT molecular complexity index is 531. The number of benzene rings is 1. The van der Waals surface area contributed by atoms with Gasteiger partial charge in [0, 0.05) is 6.54 Å². The van der Waals surface area contributed by atoms with Gasteiger partial charge in [0.25, 0.3) is 5.91 Å². The van der Waals surface area contributed by atoms with Crippen molar-refractivity contribution in [3.8, 4) is 0 Å². The van der Waals surface area contributed by atoms with Crippen molar-refractivity contribution < 1.29 is 9.59 Å². The number of urea groups is 1. The van der Waals surface area contributed by atoms with E-state index in [9.17, 15) is 9.59 Å². The number of hydrogen-bond acceptors (Lipinski definition) is 2. The topological polar surface area (TPSA) is 40.6 Å². The normalized spacial score (nSPS) is 22.3. The van der Waals surface area contributed by atoms with E-state index in [1.807, 2.05) is 26.0 Å². The van der Waals surface area contributed by atoms with Gasteiger partial charge in [-0.05, 0) is 37.8 Å². The Balaban J connectivity index is 1.86. The van der Waals surface area contributed by atoms with E-state index in [1.54, 1.807) is 4.90 Å². The maximum atomic E-state index is 12.3. The highest BCUT2D eigenvalue weighted by molar-refractivity contribution is 6.04. The molecular weight excluding hydrogens is 240 g/mol. The average Bonchev–Trinajstić information content (AvgIpc) is 2.94. The molecule has 0 N–H and O–H groups in total. The van der Waals surface area contributed by atoms with Crippen LogP contribution >= 0.6 is 0 Å². The molecule has 1 atom stereocenters. The zero-order valence-corrected chi connectivity index (χ0v) is 11.3. The van der Waals surface area contributed by atoms with Crippen LogP contribution in [0.25, 0.3) is 0 Å². The van der Waals surface area contributed by atoms with Crippen LogP contribution in [0, 0.1) is 13.8 Å². The fourth-order valence-corrected chi connectivity index (χ4v) is 2.97. The second kappa shape index (κ2) is 4.37. The predicted molar refractivity (Wildman–Crippen MR) is 71.6 cm³/mol. The van der Waals surface area contributed by atoms with E-state index >= 15 is 0 Å². The lowest BCUT2D eigenvalue weighted by Gasteiger charge is -2.17. The molecule has 4 heteroatoms. The van der Waals surface area contributed by atoms with Gasteiger partial charge in [-0.3, -0.25) is 9.69 Å². The Morgan fingerprint density at radius 2 is 2.05 bits per heavy atom. The van der Waals surface area contributed by atoms with Crippen molar-refractivity contribution >= 4 is 11.9 Å². The van der Waals surface area contributed by atoms with Gasteiger partial charge in [0.1, 0.15) is 6.04 Å². The molecule has 19 heavy (non-hydrogen) atoms. The molecule has 1 aromatic carbocycles. The van der Waals surface area contributed by atoms with Crippen molar-refractivity contribution in [2.24, 2.45) is 0 Å². The van der Waals surface area contributed by atoms with E-state index in [0.717, 1.165) is 36.1 Å². The Morgan fingerprint density at radius 1 is 1.26 bits per heavy atom. The SMILES string of the molecule is Cc1ccc(C)c(CN2C(=O)C3CCCN3C2=O)c1. The van der Waals surface area contributed by atoms with Gasteiger partial charge in [-0.25, -0.2) is 4.79 Å². The number of aryl methyl sites for hydroxylation is 2. The van der Waals surface area contributed by atoms with Gasteiger partial charge in [-0.15, -0.1) is 0 Å². The number of amides is 3. The molecule has 0 aromatic heterocycles. The van der Waals surface area contributed by atoms with Crippen LogP contribution in [-0.4, -0.2) is 34.3 Å². The zero-order chi connectivity index (χ0) is 13.6. The number of hydrogen-bond donors (Lipinski definition) is 0. The van der Waals surface area contributed by atoms with E-state index in [1.165, 1.54) is 4.90 Å². The van der Waals surface area contributed by atoms with Crippen molar-refractivity contribution in [1.82, 2.24) is 9.80 Å². The standard InChI is InChI=1S/C15H18N2O2/c1-10-5-6-11(2)12(8-10)9-17-14(18)13-4-3-7-16(13)15(17)19/h5-6,8,13H,3-4,7,9H2,1-2H3. The number of carbonyl (C=O) groups excluding carboxylic acids is 2.